The van der Waals surface area contributed by atoms with E-state index in [4.69, 9.17) is 0 Å². The Bertz CT molecular complexity index is 141. The van der Waals surface area contributed by atoms with E-state index in [1.54, 1.807) is 6.92 Å². The minimum Gasteiger partial charge on any atom is -0.450 e. The van der Waals surface area contributed by atoms with Gasteiger partial charge in [-0.1, -0.05) is 0 Å². The van der Waals surface area contributed by atoms with E-state index in [2.05, 4.69) is 15.4 Å². The fourth-order valence-electron chi connectivity index (χ4n) is 0.594. The highest BCUT2D eigenvalue weighted by atomic mass is 16.5. The van der Waals surface area contributed by atoms with E-state index in [0.717, 1.165) is 0 Å². The van der Waals surface area contributed by atoms with E-state index < -0.39 is 6.09 Å². The summed E-state index contributed by atoms with van der Waals surface area (Å²) in [5, 5.41) is 4.83. The Morgan fingerprint density at radius 3 is 2.42 bits per heavy atom. The van der Waals surface area contributed by atoms with Crippen LogP contribution in [0.15, 0.2) is 0 Å². The van der Waals surface area contributed by atoms with E-state index in [1.165, 1.54) is 0 Å². The zero-order chi connectivity index (χ0) is 9.40. The van der Waals surface area contributed by atoms with Crippen LogP contribution in [0, 0.1) is 0 Å². The number of ether oxygens (including phenoxy) is 1. The largest absolute Gasteiger partial charge is 0.450 e. The molecule has 0 aliphatic carbocycles. The zero-order valence-electron chi connectivity index (χ0n) is 7.35. The van der Waals surface area contributed by atoms with Gasteiger partial charge in [-0.15, -0.1) is 0 Å². The summed E-state index contributed by atoms with van der Waals surface area (Å²) in [6.07, 6.45) is -0.566. The van der Waals surface area contributed by atoms with Gasteiger partial charge >= 0.3 is 6.09 Å². The van der Waals surface area contributed by atoms with E-state index >= 15 is 0 Å². The lowest BCUT2D eigenvalue weighted by atomic mass is 10.5. The number of alkyl carbamates (subject to hydrolysis) is 1. The zero-order valence-corrected chi connectivity index (χ0v) is 7.35. The maximum absolute atomic E-state index is 10.8. The minimum absolute atomic E-state index is 0.0350. The highest BCUT2D eigenvalue weighted by Crippen LogP contribution is 1.74. The van der Waals surface area contributed by atoms with Gasteiger partial charge in [0.15, 0.2) is 0 Å². The van der Waals surface area contributed by atoms with Crippen molar-refractivity contribution in [2.75, 3.05) is 19.7 Å². The molecule has 0 saturated heterocycles. The molecule has 5 nitrogen and oxygen atoms in total. The smallest absolute Gasteiger partial charge is 0.407 e. The molecule has 0 aromatic rings. The first-order valence-electron chi connectivity index (χ1n) is 3.88. The number of nitrogens with one attached hydrogen (secondary N) is 2. The van der Waals surface area contributed by atoms with Crippen LogP contribution < -0.4 is 10.6 Å². The third-order valence-electron chi connectivity index (χ3n) is 1.04. The lowest BCUT2D eigenvalue weighted by molar-refractivity contribution is -0.120. The van der Waals surface area contributed by atoms with Crippen molar-refractivity contribution in [3.63, 3.8) is 0 Å². The summed E-state index contributed by atoms with van der Waals surface area (Å²) in [5.41, 5.74) is 0. The predicted octanol–water partition coefficient (Wildman–Crippen LogP) is -0.131. The predicted molar refractivity (Wildman–Crippen MR) is 43.7 cm³/mol. The highest BCUT2D eigenvalue weighted by molar-refractivity contribution is 5.81. The van der Waals surface area contributed by atoms with Crippen LogP contribution in [0.3, 0.4) is 0 Å². The van der Waals surface area contributed by atoms with Crippen molar-refractivity contribution in [1.29, 1.82) is 0 Å². The summed E-state index contributed by atoms with van der Waals surface area (Å²) >= 11 is 0. The fraction of sp³-hybridized carbons (Fsp3) is 0.714. The highest BCUT2D eigenvalue weighted by Gasteiger charge is 2.02. The number of hydrogen-bond acceptors (Lipinski definition) is 3. The molecule has 0 aliphatic rings. The molecule has 2 N–H and O–H groups in total. The molecule has 70 valence electrons. The van der Waals surface area contributed by atoms with Gasteiger partial charge in [-0.3, -0.25) is 4.79 Å². The molecule has 0 bridgehead atoms. The maximum Gasteiger partial charge on any atom is 0.407 e. The summed E-state index contributed by atoms with van der Waals surface area (Å²) < 4.78 is 4.54. The lowest BCUT2D eigenvalue weighted by Crippen LogP contribution is -2.36. The molecule has 5 heteroatoms. The minimum atomic E-state index is -0.566. The normalized spacial score (nSPS) is 8.83. The summed E-state index contributed by atoms with van der Waals surface area (Å²) in [4.78, 5) is 21.4. The van der Waals surface area contributed by atoms with Gasteiger partial charge in [-0.25, -0.2) is 4.79 Å². The van der Waals surface area contributed by atoms with E-state index in [1.807, 2.05) is 6.92 Å². The van der Waals surface area contributed by atoms with Crippen LogP contribution in [0.25, 0.3) is 0 Å². The molecule has 0 atom stereocenters. The third kappa shape index (κ3) is 5.52. The molecule has 0 radical (unpaired) electrons. The van der Waals surface area contributed by atoms with Crippen LogP contribution in [0.2, 0.25) is 0 Å². The first-order chi connectivity index (χ1) is 5.70. The van der Waals surface area contributed by atoms with Crippen molar-refractivity contribution in [3.8, 4) is 0 Å². The Kier molecular flexibility index (Phi) is 5.77. The van der Waals surface area contributed by atoms with Gasteiger partial charge < -0.3 is 15.4 Å². The first-order valence-corrected chi connectivity index (χ1v) is 3.88. The topological polar surface area (TPSA) is 67.4 Å². The van der Waals surface area contributed by atoms with Gasteiger partial charge in [0.05, 0.1) is 13.2 Å². The van der Waals surface area contributed by atoms with Crippen molar-refractivity contribution >= 4 is 12.0 Å². The molecule has 12 heavy (non-hydrogen) atoms. The second kappa shape index (κ2) is 6.45. The Labute approximate surface area is 71.5 Å². The van der Waals surface area contributed by atoms with Gasteiger partial charge in [0.1, 0.15) is 0 Å². The quantitative estimate of drug-likeness (QED) is 0.623. The maximum atomic E-state index is 10.8. The second-order valence-corrected chi connectivity index (χ2v) is 2.03. The van der Waals surface area contributed by atoms with E-state index in [9.17, 15) is 9.59 Å². The van der Waals surface area contributed by atoms with Gasteiger partial charge in [-0.2, -0.15) is 0 Å². The molecule has 0 unspecified atom stereocenters. The Morgan fingerprint density at radius 1 is 1.25 bits per heavy atom. The molecule has 0 fully saturated rings. The van der Waals surface area contributed by atoms with Gasteiger partial charge in [-0.05, 0) is 13.8 Å². The average Bonchev–Trinajstić information content (AvgIpc) is 2.02. The van der Waals surface area contributed by atoms with Crippen LogP contribution in [0.1, 0.15) is 13.8 Å². The molecule has 0 heterocycles. The van der Waals surface area contributed by atoms with Crippen LogP contribution >= 0.6 is 0 Å². The number of likely N-dealkylation sites (N-methyl/N-ethyl adjacent to an activating group) is 1. The molecule has 0 saturated carbocycles. The van der Waals surface area contributed by atoms with Crippen LogP contribution in [0.5, 0.6) is 0 Å². The van der Waals surface area contributed by atoms with Gasteiger partial charge in [0.2, 0.25) is 5.91 Å². The van der Waals surface area contributed by atoms with Gasteiger partial charge in [0.25, 0.3) is 0 Å². The summed E-state index contributed by atoms with van der Waals surface area (Å²) in [7, 11) is 0. The van der Waals surface area contributed by atoms with Crippen molar-refractivity contribution in [2.24, 2.45) is 0 Å². The Morgan fingerprint density at radius 2 is 1.92 bits per heavy atom. The van der Waals surface area contributed by atoms with Crippen LogP contribution in [0.4, 0.5) is 4.79 Å². The molecule has 0 aromatic heterocycles. The molecule has 0 spiro atoms. The van der Waals surface area contributed by atoms with Crippen LogP contribution in [-0.4, -0.2) is 31.7 Å². The summed E-state index contributed by atoms with van der Waals surface area (Å²) in [6.45, 7) is 4.34. The number of carbonyl (C=O) groups is 2. The SMILES string of the molecule is CCNC(=O)CNC(=O)OCC. The Balaban J connectivity index is 3.40. The Hall–Kier alpha value is -1.26. The summed E-state index contributed by atoms with van der Waals surface area (Å²) in [6, 6.07) is 0. The molecular weight excluding hydrogens is 160 g/mol. The average molecular weight is 174 g/mol. The standard InChI is InChI=1S/C7H14N2O3/c1-3-8-6(10)5-9-7(11)12-4-2/h3-5H2,1-2H3,(H,8,10)(H,9,11). The van der Waals surface area contributed by atoms with E-state index in [-0.39, 0.29) is 12.5 Å². The van der Waals surface area contributed by atoms with Gasteiger partial charge in [0, 0.05) is 6.54 Å². The van der Waals surface area contributed by atoms with Crippen molar-refractivity contribution < 1.29 is 14.3 Å². The van der Waals surface area contributed by atoms with E-state index in [0.29, 0.717) is 13.2 Å². The monoisotopic (exact) mass is 174 g/mol. The van der Waals surface area contributed by atoms with Crippen molar-refractivity contribution in [3.05, 3.63) is 0 Å². The molecule has 0 aliphatic heterocycles. The van der Waals surface area contributed by atoms with Crippen molar-refractivity contribution in [1.82, 2.24) is 10.6 Å². The molecular formula is C7H14N2O3. The fourth-order valence-corrected chi connectivity index (χ4v) is 0.594. The third-order valence-corrected chi connectivity index (χ3v) is 1.04. The van der Waals surface area contributed by atoms with Crippen LogP contribution in [-0.2, 0) is 9.53 Å². The number of rotatable bonds is 4. The van der Waals surface area contributed by atoms with Crippen molar-refractivity contribution in [2.45, 2.75) is 13.8 Å². The molecule has 0 rings (SSSR count). The summed E-state index contributed by atoms with van der Waals surface area (Å²) in [5.74, 6) is -0.217. The number of hydrogen-bond donors (Lipinski definition) is 2. The number of amides is 2. The number of carbonyl (C=O) groups excluding carboxylic acids is 2. The molecule has 2 amide bonds. The lowest BCUT2D eigenvalue weighted by Gasteiger charge is -2.04. The first kappa shape index (κ1) is 10.7. The molecule has 0 aromatic carbocycles. The second-order valence-electron chi connectivity index (χ2n) is 2.03.